The van der Waals surface area contributed by atoms with Gasteiger partial charge in [-0.2, -0.15) is 0 Å². The molecule has 1 aromatic rings. The Hall–Kier alpha value is -0.790. The zero-order valence-electron chi connectivity index (χ0n) is 8.91. The molecule has 0 spiro atoms. The molecule has 14 heavy (non-hydrogen) atoms. The third kappa shape index (κ3) is 3.52. The molecule has 0 atom stereocenters. The second kappa shape index (κ2) is 5.84. The number of halogens is 1. The van der Waals surface area contributed by atoms with Crippen molar-refractivity contribution in [1.29, 1.82) is 0 Å². The molecule has 0 unspecified atom stereocenters. The minimum atomic E-state index is 0. The van der Waals surface area contributed by atoms with Gasteiger partial charge in [-0.3, -0.25) is 4.48 Å². The van der Waals surface area contributed by atoms with Crippen LogP contribution in [0, 0.1) is 0 Å². The maximum Gasteiger partial charge on any atom is 0.132 e. The van der Waals surface area contributed by atoms with Crippen LogP contribution in [0.2, 0.25) is 0 Å². The highest BCUT2D eigenvalue weighted by atomic mass is 35.5. The fourth-order valence-corrected chi connectivity index (χ4v) is 1.37. The van der Waals surface area contributed by atoms with Gasteiger partial charge in [0.2, 0.25) is 0 Å². The van der Waals surface area contributed by atoms with E-state index in [1.165, 1.54) is 5.69 Å². The van der Waals surface area contributed by atoms with Crippen LogP contribution in [0.3, 0.4) is 0 Å². The van der Waals surface area contributed by atoms with Crippen molar-refractivity contribution in [3.63, 3.8) is 0 Å². The lowest BCUT2D eigenvalue weighted by Gasteiger charge is -2.28. The predicted molar refractivity (Wildman–Crippen MR) is 59.8 cm³/mol. The molecule has 0 aliphatic heterocycles. The van der Waals surface area contributed by atoms with Gasteiger partial charge in [-0.1, -0.05) is 24.3 Å². The third-order valence-corrected chi connectivity index (χ3v) is 2.35. The molecule has 0 saturated heterocycles. The van der Waals surface area contributed by atoms with E-state index in [0.717, 1.165) is 17.4 Å². The molecule has 0 aliphatic carbocycles. The van der Waals surface area contributed by atoms with Crippen molar-refractivity contribution in [1.82, 2.24) is 4.48 Å². The van der Waals surface area contributed by atoms with Gasteiger partial charge in [0.1, 0.15) is 5.69 Å². The summed E-state index contributed by atoms with van der Waals surface area (Å²) in [5.41, 5.74) is 1.35. The molecular weight excluding hydrogens is 194 g/mol. The summed E-state index contributed by atoms with van der Waals surface area (Å²) in [6, 6.07) is 10.6. The minimum Gasteiger partial charge on any atom is -1.00 e. The first kappa shape index (κ1) is 13.2. The molecule has 0 bridgehead atoms. The summed E-state index contributed by atoms with van der Waals surface area (Å²) in [7, 11) is 4.44. The highest BCUT2D eigenvalue weighted by Gasteiger charge is 2.16. The molecular formula is C12H18ClN. The van der Waals surface area contributed by atoms with E-state index in [-0.39, 0.29) is 12.4 Å². The minimum absolute atomic E-state index is 0. The summed E-state index contributed by atoms with van der Waals surface area (Å²) in [5.74, 6) is 0. The smallest absolute Gasteiger partial charge is 0.132 e. The highest BCUT2D eigenvalue weighted by molar-refractivity contribution is 5.40. The fraction of sp³-hybridized carbons (Fsp3) is 0.333. The molecule has 0 aromatic heterocycles. The van der Waals surface area contributed by atoms with Crippen molar-refractivity contribution in [3.8, 4) is 0 Å². The van der Waals surface area contributed by atoms with Crippen LogP contribution >= 0.6 is 0 Å². The van der Waals surface area contributed by atoms with Crippen LogP contribution in [0.1, 0.15) is 6.42 Å². The maximum absolute atomic E-state index is 3.75. The summed E-state index contributed by atoms with van der Waals surface area (Å²) in [6.07, 6.45) is 3.03. The SMILES string of the molecule is C=CCC[N+](C)(C)c1ccccc1.[Cl-]. The molecule has 78 valence electrons. The number of hydrogen-bond acceptors (Lipinski definition) is 0. The van der Waals surface area contributed by atoms with E-state index in [4.69, 9.17) is 0 Å². The van der Waals surface area contributed by atoms with Crippen LogP contribution in [-0.4, -0.2) is 20.6 Å². The van der Waals surface area contributed by atoms with Gasteiger partial charge in [0, 0.05) is 6.42 Å². The summed E-state index contributed by atoms with van der Waals surface area (Å²) in [5, 5.41) is 0. The Morgan fingerprint density at radius 1 is 1.21 bits per heavy atom. The monoisotopic (exact) mass is 211 g/mol. The molecule has 2 heteroatoms. The lowest BCUT2D eigenvalue weighted by atomic mass is 10.2. The fourth-order valence-electron chi connectivity index (χ4n) is 1.37. The number of nitrogens with zero attached hydrogens (tertiary/aromatic N) is 1. The second-order valence-corrected chi connectivity index (χ2v) is 3.82. The number of quaternary nitrogens is 1. The van der Waals surface area contributed by atoms with Crippen LogP contribution in [0.5, 0.6) is 0 Å². The van der Waals surface area contributed by atoms with E-state index < -0.39 is 0 Å². The third-order valence-electron chi connectivity index (χ3n) is 2.35. The highest BCUT2D eigenvalue weighted by Crippen LogP contribution is 2.17. The van der Waals surface area contributed by atoms with Gasteiger partial charge in [0.15, 0.2) is 0 Å². The van der Waals surface area contributed by atoms with Crippen molar-refractivity contribution >= 4 is 5.69 Å². The first-order valence-electron chi connectivity index (χ1n) is 4.66. The van der Waals surface area contributed by atoms with Crippen molar-refractivity contribution in [3.05, 3.63) is 43.0 Å². The number of benzene rings is 1. The largest absolute Gasteiger partial charge is 1.00 e. The zero-order chi connectivity index (χ0) is 9.73. The van der Waals surface area contributed by atoms with Crippen molar-refractivity contribution in [2.75, 3.05) is 20.6 Å². The van der Waals surface area contributed by atoms with E-state index in [0.29, 0.717) is 0 Å². The number of hydrogen-bond donors (Lipinski definition) is 0. The van der Waals surface area contributed by atoms with Crippen LogP contribution < -0.4 is 16.9 Å². The van der Waals surface area contributed by atoms with E-state index >= 15 is 0 Å². The van der Waals surface area contributed by atoms with E-state index in [1.54, 1.807) is 0 Å². The lowest BCUT2D eigenvalue weighted by Crippen LogP contribution is -3.00. The van der Waals surface area contributed by atoms with Gasteiger partial charge >= 0.3 is 0 Å². The van der Waals surface area contributed by atoms with Gasteiger partial charge < -0.3 is 12.4 Å². The lowest BCUT2D eigenvalue weighted by molar-refractivity contribution is -0.00000287. The Bertz CT molecular complexity index is 267. The second-order valence-electron chi connectivity index (χ2n) is 3.82. The summed E-state index contributed by atoms with van der Waals surface area (Å²) < 4.78 is 0.923. The average Bonchev–Trinajstić information content (AvgIpc) is 2.16. The topological polar surface area (TPSA) is 0 Å². The summed E-state index contributed by atoms with van der Waals surface area (Å²) >= 11 is 0. The van der Waals surface area contributed by atoms with Crippen molar-refractivity contribution in [2.24, 2.45) is 0 Å². The molecule has 0 amide bonds. The Morgan fingerprint density at radius 3 is 2.29 bits per heavy atom. The molecule has 0 saturated carbocycles. The van der Waals surface area contributed by atoms with Crippen molar-refractivity contribution in [2.45, 2.75) is 6.42 Å². The molecule has 0 aliphatic rings. The van der Waals surface area contributed by atoms with Gasteiger partial charge in [0.25, 0.3) is 0 Å². The standard InChI is InChI=1S/C12H18N.ClH/c1-4-5-11-13(2,3)12-9-7-6-8-10-12;/h4,6-10H,1,5,11H2,2-3H3;1H/q+1;/p-1. The van der Waals surface area contributed by atoms with Crippen molar-refractivity contribution < 1.29 is 12.4 Å². The molecule has 1 rings (SSSR count). The van der Waals surface area contributed by atoms with E-state index in [9.17, 15) is 0 Å². The summed E-state index contributed by atoms with van der Waals surface area (Å²) in [4.78, 5) is 0. The molecule has 0 fully saturated rings. The Morgan fingerprint density at radius 2 is 1.79 bits per heavy atom. The molecule has 1 aromatic carbocycles. The normalized spacial score (nSPS) is 10.4. The van der Waals surface area contributed by atoms with Gasteiger partial charge in [0.05, 0.1) is 20.6 Å². The molecule has 0 N–H and O–H groups in total. The predicted octanol–water partition coefficient (Wildman–Crippen LogP) is -0.166. The number of rotatable bonds is 4. The van der Waals surface area contributed by atoms with E-state index in [1.807, 2.05) is 6.08 Å². The Balaban J connectivity index is 0.00000169. The first-order valence-corrected chi connectivity index (χ1v) is 4.66. The molecule has 0 heterocycles. The van der Waals surface area contributed by atoms with Gasteiger partial charge in [-0.25, -0.2) is 0 Å². The quantitative estimate of drug-likeness (QED) is 0.480. The Labute approximate surface area is 93.1 Å². The van der Waals surface area contributed by atoms with Crippen LogP contribution in [0.4, 0.5) is 5.69 Å². The average molecular weight is 212 g/mol. The molecule has 1 nitrogen and oxygen atoms in total. The summed E-state index contributed by atoms with van der Waals surface area (Å²) in [6.45, 7) is 4.85. The first-order chi connectivity index (χ1) is 6.17. The van der Waals surface area contributed by atoms with Crippen LogP contribution in [0.25, 0.3) is 0 Å². The van der Waals surface area contributed by atoms with Gasteiger partial charge in [-0.05, 0) is 12.1 Å². The Kier molecular flexibility index (Phi) is 5.51. The molecule has 0 radical (unpaired) electrons. The van der Waals surface area contributed by atoms with E-state index in [2.05, 4.69) is 51.0 Å². The zero-order valence-corrected chi connectivity index (χ0v) is 9.67. The van der Waals surface area contributed by atoms with Gasteiger partial charge in [-0.15, -0.1) is 6.58 Å². The van der Waals surface area contributed by atoms with Crippen LogP contribution in [-0.2, 0) is 0 Å². The maximum atomic E-state index is 3.75. The number of para-hydroxylation sites is 1. The van der Waals surface area contributed by atoms with Crippen LogP contribution in [0.15, 0.2) is 43.0 Å².